The first-order chi connectivity index (χ1) is 24.5. The molecule has 0 atom stereocenters. The molecular formula is C47H40N2O. The van der Waals surface area contributed by atoms with Gasteiger partial charge in [-0.3, -0.25) is 0 Å². The molecule has 7 aromatic carbocycles. The van der Waals surface area contributed by atoms with Gasteiger partial charge in [-0.25, -0.2) is 0 Å². The van der Waals surface area contributed by atoms with Gasteiger partial charge in [0, 0.05) is 34.1 Å². The van der Waals surface area contributed by atoms with Gasteiger partial charge in [0.1, 0.15) is 5.75 Å². The lowest BCUT2D eigenvalue weighted by Gasteiger charge is -2.26. The van der Waals surface area contributed by atoms with E-state index in [1.807, 2.05) is 18.2 Å². The van der Waals surface area contributed by atoms with Crippen LogP contribution in [0.5, 0.6) is 5.75 Å². The highest BCUT2D eigenvalue weighted by Gasteiger charge is 2.14. The lowest BCUT2D eigenvalue weighted by Crippen LogP contribution is -2.09. The second-order valence-electron chi connectivity index (χ2n) is 12.5. The maximum Gasteiger partial charge on any atom is 0.119 e. The third-order valence-electron chi connectivity index (χ3n) is 8.92. The molecule has 0 aliphatic rings. The Hall–Kier alpha value is -6.32. The Balaban J connectivity index is 1.07. The first kappa shape index (κ1) is 32.2. The van der Waals surface area contributed by atoms with Crippen molar-refractivity contribution in [1.29, 1.82) is 0 Å². The van der Waals surface area contributed by atoms with E-state index in [9.17, 15) is 0 Å². The highest BCUT2D eigenvalue weighted by atomic mass is 16.5. The van der Waals surface area contributed by atoms with Crippen LogP contribution in [0.2, 0.25) is 0 Å². The summed E-state index contributed by atoms with van der Waals surface area (Å²) >= 11 is 0. The molecule has 3 heteroatoms. The summed E-state index contributed by atoms with van der Waals surface area (Å²) in [6, 6.07) is 62.3. The monoisotopic (exact) mass is 648 g/mol. The summed E-state index contributed by atoms with van der Waals surface area (Å²) in [5.74, 6) is 0.840. The van der Waals surface area contributed by atoms with Crippen LogP contribution in [0.1, 0.15) is 22.3 Å². The molecule has 0 aliphatic carbocycles. The van der Waals surface area contributed by atoms with Crippen LogP contribution in [0.4, 0.5) is 34.1 Å². The first-order valence-electron chi connectivity index (χ1n) is 17.0. The lowest BCUT2D eigenvalue weighted by molar-refractivity contribution is 0.415. The first-order valence-corrected chi connectivity index (χ1v) is 17.0. The van der Waals surface area contributed by atoms with Gasteiger partial charge in [-0.2, -0.15) is 0 Å². The van der Waals surface area contributed by atoms with Gasteiger partial charge in [0.2, 0.25) is 0 Å². The Labute approximate surface area is 296 Å². The number of methoxy groups -OCH3 is 1. The van der Waals surface area contributed by atoms with Crippen molar-refractivity contribution in [1.82, 2.24) is 0 Å². The summed E-state index contributed by atoms with van der Waals surface area (Å²) in [5, 5.41) is 0. The molecule has 0 fully saturated rings. The Kier molecular flexibility index (Phi) is 9.57. The topological polar surface area (TPSA) is 15.7 Å². The third-order valence-corrected chi connectivity index (χ3v) is 8.92. The standard InChI is InChI=1S/C47H40N2O/c1-35-9-23-42(24-10-35)49(43-25-11-36(2)12-26-43)45-29-21-40(22-30-45)39-19-15-37(16-20-39)13-14-38-17-27-44(28-18-38)48(41-7-5-4-6-8-41)46-31-33-47(50-3)34-32-46/h4-34H,1-3H3. The number of benzene rings is 7. The van der Waals surface area contributed by atoms with Crippen LogP contribution >= 0.6 is 0 Å². The van der Waals surface area contributed by atoms with Crippen LogP contribution in [-0.2, 0) is 0 Å². The molecule has 7 aromatic rings. The lowest BCUT2D eigenvalue weighted by atomic mass is 10.0. The van der Waals surface area contributed by atoms with E-state index in [-0.39, 0.29) is 0 Å². The van der Waals surface area contributed by atoms with Crippen LogP contribution in [0.25, 0.3) is 23.3 Å². The predicted octanol–water partition coefficient (Wildman–Crippen LogP) is 13.1. The van der Waals surface area contributed by atoms with Crippen molar-refractivity contribution in [2.24, 2.45) is 0 Å². The molecule has 0 radical (unpaired) electrons. The van der Waals surface area contributed by atoms with Crippen LogP contribution in [-0.4, -0.2) is 7.11 Å². The number of aryl methyl sites for hydroxylation is 2. The minimum Gasteiger partial charge on any atom is -0.497 e. The molecular weight excluding hydrogens is 609 g/mol. The zero-order valence-electron chi connectivity index (χ0n) is 28.7. The van der Waals surface area contributed by atoms with Gasteiger partial charge in [0.05, 0.1) is 7.11 Å². The SMILES string of the molecule is COc1ccc(N(c2ccccc2)c2ccc(C=Cc3ccc(-c4ccc(N(c5ccc(C)cc5)c5ccc(C)cc5)cc4)cc3)cc2)cc1. The van der Waals surface area contributed by atoms with Crippen molar-refractivity contribution in [3.8, 4) is 16.9 Å². The zero-order chi connectivity index (χ0) is 34.3. The van der Waals surface area contributed by atoms with Crippen LogP contribution in [0.15, 0.2) is 176 Å². The Morgan fingerprint density at radius 2 is 0.680 bits per heavy atom. The van der Waals surface area contributed by atoms with E-state index < -0.39 is 0 Å². The molecule has 0 heterocycles. The average Bonchev–Trinajstić information content (AvgIpc) is 3.17. The number of para-hydroxylation sites is 1. The number of anilines is 6. The second kappa shape index (κ2) is 14.8. The highest BCUT2D eigenvalue weighted by Crippen LogP contribution is 2.37. The van der Waals surface area contributed by atoms with E-state index in [4.69, 9.17) is 4.74 Å². The van der Waals surface area contributed by atoms with Crippen molar-refractivity contribution < 1.29 is 4.74 Å². The van der Waals surface area contributed by atoms with Crippen molar-refractivity contribution in [3.05, 3.63) is 198 Å². The molecule has 0 saturated carbocycles. The molecule has 0 amide bonds. The second-order valence-corrected chi connectivity index (χ2v) is 12.5. The molecule has 7 rings (SSSR count). The number of ether oxygens (including phenoxy) is 1. The molecule has 3 nitrogen and oxygen atoms in total. The van der Waals surface area contributed by atoms with E-state index in [1.54, 1.807) is 7.11 Å². The van der Waals surface area contributed by atoms with Gasteiger partial charge in [0.15, 0.2) is 0 Å². The van der Waals surface area contributed by atoms with Gasteiger partial charge in [0.25, 0.3) is 0 Å². The molecule has 0 saturated heterocycles. The quantitative estimate of drug-likeness (QED) is 0.137. The minimum atomic E-state index is 0.840. The van der Waals surface area contributed by atoms with E-state index in [2.05, 4.69) is 194 Å². The van der Waals surface area contributed by atoms with Gasteiger partial charge >= 0.3 is 0 Å². The van der Waals surface area contributed by atoms with Crippen LogP contribution in [0.3, 0.4) is 0 Å². The summed E-state index contributed by atoms with van der Waals surface area (Å²) in [7, 11) is 1.69. The van der Waals surface area contributed by atoms with E-state index in [0.29, 0.717) is 0 Å². The molecule has 0 aromatic heterocycles. The minimum absolute atomic E-state index is 0.840. The summed E-state index contributed by atoms with van der Waals surface area (Å²) in [6.07, 6.45) is 4.33. The third kappa shape index (κ3) is 7.38. The van der Waals surface area contributed by atoms with Gasteiger partial charge in [-0.05, 0) is 121 Å². The van der Waals surface area contributed by atoms with Crippen molar-refractivity contribution in [2.75, 3.05) is 16.9 Å². The molecule has 0 N–H and O–H groups in total. The molecule has 0 unspecified atom stereocenters. The van der Waals surface area contributed by atoms with E-state index >= 15 is 0 Å². The maximum atomic E-state index is 5.39. The Bertz CT molecular complexity index is 2110. The summed E-state index contributed by atoms with van der Waals surface area (Å²) in [5.41, 5.74) is 13.9. The number of rotatable bonds is 10. The van der Waals surface area contributed by atoms with Crippen LogP contribution < -0.4 is 14.5 Å². The largest absolute Gasteiger partial charge is 0.497 e. The number of hydrogen-bond acceptors (Lipinski definition) is 3. The molecule has 0 aliphatic heterocycles. The molecule has 0 bridgehead atoms. The van der Waals surface area contributed by atoms with Crippen LogP contribution in [0, 0.1) is 13.8 Å². The van der Waals surface area contributed by atoms with Gasteiger partial charge in [-0.15, -0.1) is 0 Å². The Morgan fingerprint density at radius 1 is 0.360 bits per heavy atom. The molecule has 244 valence electrons. The summed E-state index contributed by atoms with van der Waals surface area (Å²) < 4.78 is 5.39. The van der Waals surface area contributed by atoms with Crippen molar-refractivity contribution >= 4 is 46.3 Å². The highest BCUT2D eigenvalue weighted by molar-refractivity contribution is 5.80. The molecule has 0 spiro atoms. The number of nitrogens with zero attached hydrogens (tertiary/aromatic N) is 2. The van der Waals surface area contributed by atoms with Crippen molar-refractivity contribution in [3.63, 3.8) is 0 Å². The van der Waals surface area contributed by atoms with Crippen molar-refractivity contribution in [2.45, 2.75) is 13.8 Å². The fourth-order valence-electron chi connectivity index (χ4n) is 6.11. The summed E-state index contributed by atoms with van der Waals surface area (Å²) in [4.78, 5) is 4.56. The zero-order valence-corrected chi connectivity index (χ0v) is 28.7. The molecule has 50 heavy (non-hydrogen) atoms. The van der Waals surface area contributed by atoms with E-state index in [1.165, 1.54) is 22.3 Å². The average molecular weight is 649 g/mol. The predicted molar refractivity (Wildman–Crippen MR) is 213 cm³/mol. The number of hydrogen-bond donors (Lipinski definition) is 0. The Morgan fingerprint density at radius 3 is 1.10 bits per heavy atom. The summed E-state index contributed by atoms with van der Waals surface area (Å²) in [6.45, 7) is 4.25. The maximum absolute atomic E-state index is 5.39. The van der Waals surface area contributed by atoms with Gasteiger partial charge in [-0.1, -0.05) is 114 Å². The fourth-order valence-corrected chi connectivity index (χ4v) is 6.11. The normalized spacial score (nSPS) is 11.0. The fraction of sp³-hybridized carbons (Fsp3) is 0.0638. The van der Waals surface area contributed by atoms with Gasteiger partial charge < -0.3 is 14.5 Å². The van der Waals surface area contributed by atoms with E-state index in [0.717, 1.165) is 51.0 Å². The smallest absolute Gasteiger partial charge is 0.119 e.